The van der Waals surface area contributed by atoms with Gasteiger partial charge in [-0.05, 0) is 13.3 Å². The van der Waals surface area contributed by atoms with Crippen LogP contribution in [0.1, 0.15) is 20.3 Å². The molecular formula is C12H26N4O. The maximum atomic E-state index is 11.5. The number of hydrogen-bond acceptors (Lipinski definition) is 4. The van der Waals surface area contributed by atoms with Gasteiger partial charge in [-0.25, -0.2) is 0 Å². The van der Waals surface area contributed by atoms with E-state index >= 15 is 0 Å². The summed E-state index contributed by atoms with van der Waals surface area (Å²) in [4.78, 5) is 16.2. The van der Waals surface area contributed by atoms with Crippen molar-refractivity contribution in [3.63, 3.8) is 0 Å². The number of amides is 1. The second kappa shape index (κ2) is 7.63. The molecule has 1 rings (SSSR count). The van der Waals surface area contributed by atoms with E-state index in [1.54, 1.807) is 0 Å². The van der Waals surface area contributed by atoms with Crippen LogP contribution in [-0.2, 0) is 4.79 Å². The second-order valence-electron chi connectivity index (χ2n) is 4.71. The molecule has 0 aromatic heterocycles. The first-order valence-electron chi connectivity index (χ1n) is 6.60. The first-order chi connectivity index (χ1) is 8.17. The molecule has 0 aromatic carbocycles. The van der Waals surface area contributed by atoms with Crippen molar-refractivity contribution >= 4 is 5.91 Å². The van der Waals surface area contributed by atoms with Gasteiger partial charge in [0.05, 0.1) is 6.54 Å². The molecule has 1 amide bonds. The lowest BCUT2D eigenvalue weighted by Gasteiger charge is -2.37. The van der Waals surface area contributed by atoms with Crippen molar-refractivity contribution in [3.05, 3.63) is 0 Å². The van der Waals surface area contributed by atoms with E-state index in [4.69, 9.17) is 5.73 Å². The van der Waals surface area contributed by atoms with Gasteiger partial charge >= 0.3 is 0 Å². The topological polar surface area (TPSA) is 61.6 Å². The highest BCUT2D eigenvalue weighted by Gasteiger charge is 2.21. The average Bonchev–Trinajstić information content (AvgIpc) is 2.36. The number of rotatable bonds is 6. The van der Waals surface area contributed by atoms with E-state index in [2.05, 4.69) is 29.0 Å². The Hall–Kier alpha value is -0.650. The molecule has 1 fully saturated rings. The Bertz CT molecular complexity index is 227. The highest BCUT2D eigenvalue weighted by Crippen LogP contribution is 2.08. The molecule has 1 aliphatic rings. The van der Waals surface area contributed by atoms with Gasteiger partial charge in [0.25, 0.3) is 0 Å². The van der Waals surface area contributed by atoms with Crippen LogP contribution in [0.3, 0.4) is 0 Å². The van der Waals surface area contributed by atoms with Crippen LogP contribution in [0.2, 0.25) is 0 Å². The van der Waals surface area contributed by atoms with Gasteiger partial charge in [0.15, 0.2) is 0 Å². The number of nitrogens with zero attached hydrogens (tertiary/aromatic N) is 2. The van der Waals surface area contributed by atoms with Crippen molar-refractivity contribution in [2.75, 3.05) is 45.8 Å². The van der Waals surface area contributed by atoms with E-state index in [-0.39, 0.29) is 5.91 Å². The zero-order valence-corrected chi connectivity index (χ0v) is 11.1. The van der Waals surface area contributed by atoms with Crippen LogP contribution >= 0.6 is 0 Å². The lowest BCUT2D eigenvalue weighted by molar-refractivity contribution is -0.122. The van der Waals surface area contributed by atoms with Gasteiger partial charge in [-0.15, -0.1) is 0 Å². The fourth-order valence-corrected chi connectivity index (χ4v) is 2.09. The molecule has 0 radical (unpaired) electrons. The summed E-state index contributed by atoms with van der Waals surface area (Å²) in [6, 6.07) is 0.656. The van der Waals surface area contributed by atoms with Crippen molar-refractivity contribution < 1.29 is 4.79 Å². The quantitative estimate of drug-likeness (QED) is 0.658. The van der Waals surface area contributed by atoms with E-state index in [0.717, 1.165) is 26.2 Å². The Morgan fingerprint density at radius 2 is 2.00 bits per heavy atom. The van der Waals surface area contributed by atoms with Crippen LogP contribution < -0.4 is 11.1 Å². The highest BCUT2D eigenvalue weighted by atomic mass is 16.2. The molecule has 3 N–H and O–H groups in total. The normalized spacial score (nSPS) is 20.2. The van der Waals surface area contributed by atoms with Crippen molar-refractivity contribution in [2.24, 2.45) is 5.73 Å². The van der Waals surface area contributed by atoms with Crippen LogP contribution in [0.4, 0.5) is 0 Å². The number of nitrogens with two attached hydrogens (primary N) is 1. The number of carbonyl (C=O) groups excluding carboxylic acids is 1. The zero-order chi connectivity index (χ0) is 12.7. The number of hydrogen-bond donors (Lipinski definition) is 2. The summed E-state index contributed by atoms with van der Waals surface area (Å²) in [5, 5.41) is 2.81. The summed E-state index contributed by atoms with van der Waals surface area (Å²) in [7, 11) is 0. The molecular weight excluding hydrogens is 216 g/mol. The third kappa shape index (κ3) is 5.02. The molecule has 1 saturated heterocycles. The molecule has 0 spiro atoms. The van der Waals surface area contributed by atoms with Crippen molar-refractivity contribution in [1.82, 2.24) is 15.1 Å². The zero-order valence-electron chi connectivity index (χ0n) is 11.1. The molecule has 5 nitrogen and oxygen atoms in total. The average molecular weight is 242 g/mol. The van der Waals surface area contributed by atoms with E-state index in [1.165, 1.54) is 6.42 Å². The number of piperazine rings is 1. The maximum Gasteiger partial charge on any atom is 0.234 e. The molecule has 1 heterocycles. The predicted octanol–water partition coefficient (Wildman–Crippen LogP) is -0.523. The third-order valence-electron chi connectivity index (χ3n) is 3.45. The third-order valence-corrected chi connectivity index (χ3v) is 3.45. The van der Waals surface area contributed by atoms with Gasteiger partial charge in [0, 0.05) is 45.3 Å². The second-order valence-corrected chi connectivity index (χ2v) is 4.71. The summed E-state index contributed by atoms with van der Waals surface area (Å²) >= 11 is 0. The number of carbonyl (C=O) groups is 1. The predicted molar refractivity (Wildman–Crippen MR) is 69.8 cm³/mol. The standard InChI is InChI=1S/C12H26N4O/c1-3-11(2)16-8-6-15(7-9-16)10-12(17)14-5-4-13/h11H,3-10,13H2,1-2H3,(H,14,17). The fraction of sp³-hybridized carbons (Fsp3) is 0.917. The molecule has 0 aromatic rings. The van der Waals surface area contributed by atoms with Gasteiger partial charge in [-0.3, -0.25) is 14.6 Å². The first kappa shape index (κ1) is 14.4. The van der Waals surface area contributed by atoms with Crippen molar-refractivity contribution in [3.8, 4) is 0 Å². The largest absolute Gasteiger partial charge is 0.354 e. The van der Waals surface area contributed by atoms with Crippen LogP contribution in [-0.4, -0.2) is 67.6 Å². The minimum atomic E-state index is 0.0902. The highest BCUT2D eigenvalue weighted by molar-refractivity contribution is 5.78. The van der Waals surface area contributed by atoms with E-state index in [1.807, 2.05) is 0 Å². The Kier molecular flexibility index (Phi) is 6.47. The smallest absolute Gasteiger partial charge is 0.234 e. The Morgan fingerprint density at radius 3 is 2.53 bits per heavy atom. The lowest BCUT2D eigenvalue weighted by Crippen LogP contribution is -2.51. The summed E-state index contributed by atoms with van der Waals surface area (Å²) in [5.41, 5.74) is 5.34. The molecule has 17 heavy (non-hydrogen) atoms. The minimum Gasteiger partial charge on any atom is -0.354 e. The minimum absolute atomic E-state index is 0.0902. The summed E-state index contributed by atoms with van der Waals surface area (Å²) in [6.45, 7) is 10.2. The molecule has 5 heteroatoms. The van der Waals surface area contributed by atoms with Crippen LogP contribution in [0, 0.1) is 0 Å². The summed E-state index contributed by atoms with van der Waals surface area (Å²) in [5.74, 6) is 0.0902. The van der Waals surface area contributed by atoms with Gasteiger partial charge in [0.1, 0.15) is 0 Å². The van der Waals surface area contributed by atoms with E-state index in [0.29, 0.717) is 25.7 Å². The monoisotopic (exact) mass is 242 g/mol. The molecule has 0 aliphatic carbocycles. The molecule has 100 valence electrons. The fourth-order valence-electron chi connectivity index (χ4n) is 2.09. The van der Waals surface area contributed by atoms with Gasteiger partial charge in [-0.2, -0.15) is 0 Å². The number of nitrogens with one attached hydrogen (secondary N) is 1. The van der Waals surface area contributed by atoms with Crippen LogP contribution in [0.15, 0.2) is 0 Å². The van der Waals surface area contributed by atoms with E-state index in [9.17, 15) is 4.79 Å². The van der Waals surface area contributed by atoms with Crippen LogP contribution in [0.5, 0.6) is 0 Å². The lowest BCUT2D eigenvalue weighted by atomic mass is 10.2. The maximum absolute atomic E-state index is 11.5. The molecule has 1 atom stereocenters. The Morgan fingerprint density at radius 1 is 1.35 bits per heavy atom. The summed E-state index contributed by atoms with van der Waals surface area (Å²) < 4.78 is 0. The van der Waals surface area contributed by atoms with Gasteiger partial charge < -0.3 is 11.1 Å². The molecule has 0 saturated carbocycles. The van der Waals surface area contributed by atoms with Gasteiger partial charge in [0.2, 0.25) is 5.91 Å². The van der Waals surface area contributed by atoms with Crippen molar-refractivity contribution in [1.29, 1.82) is 0 Å². The Labute approximate surface area is 104 Å². The molecule has 1 aliphatic heterocycles. The molecule has 1 unspecified atom stereocenters. The Balaban J connectivity index is 2.20. The van der Waals surface area contributed by atoms with Crippen LogP contribution in [0.25, 0.3) is 0 Å². The van der Waals surface area contributed by atoms with Crippen molar-refractivity contribution in [2.45, 2.75) is 26.3 Å². The first-order valence-corrected chi connectivity index (χ1v) is 6.60. The SMILES string of the molecule is CCC(C)N1CCN(CC(=O)NCCN)CC1. The summed E-state index contributed by atoms with van der Waals surface area (Å²) in [6.07, 6.45) is 1.19. The molecule has 0 bridgehead atoms. The van der Waals surface area contributed by atoms with E-state index < -0.39 is 0 Å². The van der Waals surface area contributed by atoms with Gasteiger partial charge in [-0.1, -0.05) is 6.92 Å².